The highest BCUT2D eigenvalue weighted by molar-refractivity contribution is 9.10. The Morgan fingerprint density at radius 1 is 1.47 bits per heavy atom. The number of carbonyl (C=O) groups excluding carboxylic acids is 1. The summed E-state index contributed by atoms with van der Waals surface area (Å²) in [4.78, 5) is 12.1. The number of nitrogens with two attached hydrogens (primary N) is 1. The molecule has 1 fully saturated rings. The molecule has 0 bridgehead atoms. The molecule has 1 unspecified atom stereocenters. The Balaban J connectivity index is 1.90. The van der Waals surface area contributed by atoms with E-state index in [9.17, 15) is 4.79 Å². The Morgan fingerprint density at radius 3 is 2.84 bits per heavy atom. The molecule has 1 aliphatic carbocycles. The maximum atomic E-state index is 12.1. The van der Waals surface area contributed by atoms with E-state index in [1.54, 1.807) is 0 Å². The summed E-state index contributed by atoms with van der Waals surface area (Å²) < 4.78 is 1.03. The first-order chi connectivity index (χ1) is 9.08. The molecule has 1 saturated carbocycles. The molecule has 0 aromatic heterocycles. The van der Waals surface area contributed by atoms with E-state index in [4.69, 9.17) is 5.73 Å². The largest absolute Gasteiger partial charge is 0.350 e. The molecule has 1 aromatic carbocycles. The SMILES string of the molecule is CC(NC(=O)C[C@@H]1CCC[C@H]1N)c1ccccc1Br. The molecular weight excluding hydrogens is 304 g/mol. The van der Waals surface area contributed by atoms with Crippen molar-refractivity contribution >= 4 is 21.8 Å². The van der Waals surface area contributed by atoms with Crippen molar-refractivity contribution in [2.75, 3.05) is 0 Å². The summed E-state index contributed by atoms with van der Waals surface area (Å²) in [5.74, 6) is 0.456. The molecule has 3 nitrogen and oxygen atoms in total. The van der Waals surface area contributed by atoms with Crippen molar-refractivity contribution in [1.82, 2.24) is 5.32 Å². The number of carbonyl (C=O) groups is 1. The molecule has 2 rings (SSSR count). The molecule has 19 heavy (non-hydrogen) atoms. The Morgan fingerprint density at radius 2 is 2.21 bits per heavy atom. The second kappa shape index (κ2) is 6.53. The van der Waals surface area contributed by atoms with Gasteiger partial charge in [0.1, 0.15) is 0 Å². The third kappa shape index (κ3) is 3.80. The summed E-state index contributed by atoms with van der Waals surface area (Å²) >= 11 is 3.51. The molecule has 1 aromatic rings. The van der Waals surface area contributed by atoms with E-state index in [2.05, 4.69) is 21.2 Å². The van der Waals surface area contributed by atoms with Crippen molar-refractivity contribution in [3.63, 3.8) is 0 Å². The van der Waals surface area contributed by atoms with E-state index >= 15 is 0 Å². The fourth-order valence-electron chi connectivity index (χ4n) is 2.76. The molecule has 0 radical (unpaired) electrons. The van der Waals surface area contributed by atoms with Crippen molar-refractivity contribution < 1.29 is 4.79 Å². The van der Waals surface area contributed by atoms with Crippen LogP contribution in [-0.4, -0.2) is 11.9 Å². The zero-order valence-corrected chi connectivity index (χ0v) is 12.8. The van der Waals surface area contributed by atoms with Crippen LogP contribution in [0, 0.1) is 5.92 Å². The summed E-state index contributed by atoms with van der Waals surface area (Å²) in [6.45, 7) is 2.01. The van der Waals surface area contributed by atoms with Gasteiger partial charge in [-0.1, -0.05) is 40.5 Å². The van der Waals surface area contributed by atoms with Crippen molar-refractivity contribution in [3.05, 3.63) is 34.3 Å². The molecule has 1 amide bonds. The zero-order valence-electron chi connectivity index (χ0n) is 11.2. The van der Waals surface area contributed by atoms with Crippen molar-refractivity contribution in [2.45, 2.75) is 44.7 Å². The Kier molecular flexibility index (Phi) is 4.99. The van der Waals surface area contributed by atoms with E-state index in [0.29, 0.717) is 12.3 Å². The number of hydrogen-bond acceptors (Lipinski definition) is 2. The number of benzene rings is 1. The summed E-state index contributed by atoms with van der Waals surface area (Å²) in [6, 6.07) is 8.18. The summed E-state index contributed by atoms with van der Waals surface area (Å²) in [5, 5.41) is 3.06. The highest BCUT2D eigenvalue weighted by atomic mass is 79.9. The number of halogens is 1. The van der Waals surface area contributed by atoms with Gasteiger partial charge in [0.15, 0.2) is 0 Å². The smallest absolute Gasteiger partial charge is 0.220 e. The van der Waals surface area contributed by atoms with Crippen LogP contribution in [0.4, 0.5) is 0 Å². The molecule has 4 heteroatoms. The van der Waals surface area contributed by atoms with Crippen LogP contribution >= 0.6 is 15.9 Å². The van der Waals surface area contributed by atoms with Crippen molar-refractivity contribution in [2.24, 2.45) is 11.7 Å². The van der Waals surface area contributed by atoms with Crippen LogP contribution < -0.4 is 11.1 Å². The molecule has 1 aliphatic rings. The summed E-state index contributed by atoms with van der Waals surface area (Å²) in [7, 11) is 0. The summed E-state index contributed by atoms with van der Waals surface area (Å²) in [6.07, 6.45) is 3.84. The van der Waals surface area contributed by atoms with Crippen LogP contribution in [-0.2, 0) is 4.79 Å². The van der Waals surface area contributed by atoms with Crippen LogP contribution in [0.1, 0.15) is 44.2 Å². The fourth-order valence-corrected chi connectivity index (χ4v) is 3.39. The molecule has 0 saturated heterocycles. The highest BCUT2D eigenvalue weighted by Crippen LogP contribution is 2.27. The van der Waals surface area contributed by atoms with Crippen LogP contribution in [0.2, 0.25) is 0 Å². The lowest BCUT2D eigenvalue weighted by molar-refractivity contribution is -0.122. The first-order valence-corrected chi connectivity index (χ1v) is 7.66. The van der Waals surface area contributed by atoms with E-state index in [1.807, 2.05) is 31.2 Å². The second-order valence-corrected chi connectivity index (χ2v) is 6.22. The second-order valence-electron chi connectivity index (χ2n) is 5.37. The minimum Gasteiger partial charge on any atom is -0.350 e. The van der Waals surface area contributed by atoms with Gasteiger partial charge in [0, 0.05) is 16.9 Å². The predicted molar refractivity (Wildman–Crippen MR) is 80.6 cm³/mol. The zero-order chi connectivity index (χ0) is 13.8. The molecule has 104 valence electrons. The molecular formula is C15H21BrN2O. The topological polar surface area (TPSA) is 55.1 Å². The molecule has 3 atom stereocenters. The van der Waals surface area contributed by atoms with Gasteiger partial charge in [-0.15, -0.1) is 0 Å². The quantitative estimate of drug-likeness (QED) is 0.893. The van der Waals surface area contributed by atoms with E-state index < -0.39 is 0 Å². The maximum absolute atomic E-state index is 12.1. The number of hydrogen-bond donors (Lipinski definition) is 2. The van der Waals surface area contributed by atoms with E-state index in [-0.39, 0.29) is 18.0 Å². The first-order valence-electron chi connectivity index (χ1n) is 6.87. The van der Waals surface area contributed by atoms with Gasteiger partial charge >= 0.3 is 0 Å². The average Bonchev–Trinajstić information content (AvgIpc) is 2.75. The lowest BCUT2D eigenvalue weighted by Crippen LogP contribution is -2.33. The number of nitrogens with one attached hydrogen (secondary N) is 1. The van der Waals surface area contributed by atoms with Gasteiger partial charge in [0.05, 0.1) is 6.04 Å². The lowest BCUT2D eigenvalue weighted by atomic mass is 9.99. The molecule has 0 spiro atoms. The van der Waals surface area contributed by atoms with Crippen LogP contribution in [0.3, 0.4) is 0 Å². The van der Waals surface area contributed by atoms with E-state index in [0.717, 1.165) is 29.3 Å². The minimum atomic E-state index is 0.0145. The molecule has 0 aliphatic heterocycles. The maximum Gasteiger partial charge on any atom is 0.220 e. The molecule has 3 N–H and O–H groups in total. The van der Waals surface area contributed by atoms with Crippen molar-refractivity contribution in [3.8, 4) is 0 Å². The van der Waals surface area contributed by atoms with Crippen LogP contribution in [0.25, 0.3) is 0 Å². The van der Waals surface area contributed by atoms with Gasteiger partial charge in [0.25, 0.3) is 0 Å². The van der Waals surface area contributed by atoms with Crippen LogP contribution in [0.15, 0.2) is 28.7 Å². The van der Waals surface area contributed by atoms with Gasteiger partial charge in [-0.2, -0.15) is 0 Å². The highest BCUT2D eigenvalue weighted by Gasteiger charge is 2.26. The first kappa shape index (κ1) is 14.5. The average molecular weight is 325 g/mol. The van der Waals surface area contributed by atoms with Gasteiger partial charge in [-0.3, -0.25) is 4.79 Å². The van der Waals surface area contributed by atoms with Gasteiger partial charge < -0.3 is 11.1 Å². The Labute approximate surface area is 123 Å². The Hall–Kier alpha value is -0.870. The van der Waals surface area contributed by atoms with E-state index in [1.165, 1.54) is 0 Å². The monoisotopic (exact) mass is 324 g/mol. The minimum absolute atomic E-state index is 0.0145. The normalized spacial score (nSPS) is 24.2. The Bertz CT molecular complexity index is 450. The lowest BCUT2D eigenvalue weighted by Gasteiger charge is -2.19. The molecule has 0 heterocycles. The third-order valence-corrected chi connectivity index (χ3v) is 4.64. The summed E-state index contributed by atoms with van der Waals surface area (Å²) in [5.41, 5.74) is 7.11. The predicted octanol–water partition coefficient (Wildman–Crippen LogP) is 3.14. The number of amides is 1. The van der Waals surface area contributed by atoms with Gasteiger partial charge in [-0.25, -0.2) is 0 Å². The van der Waals surface area contributed by atoms with Crippen LogP contribution in [0.5, 0.6) is 0 Å². The van der Waals surface area contributed by atoms with Crippen molar-refractivity contribution in [1.29, 1.82) is 0 Å². The third-order valence-electron chi connectivity index (χ3n) is 3.91. The standard InChI is InChI=1S/C15H21BrN2O/c1-10(12-6-2-3-7-13(12)16)18-15(19)9-11-5-4-8-14(11)17/h2-3,6-7,10-11,14H,4-5,8-9,17H2,1H3,(H,18,19)/t10?,11-,14+/m0/s1. The number of rotatable bonds is 4. The fraction of sp³-hybridized carbons (Fsp3) is 0.533. The van der Waals surface area contributed by atoms with Gasteiger partial charge in [0.2, 0.25) is 5.91 Å². The van der Waals surface area contributed by atoms with Gasteiger partial charge in [-0.05, 0) is 37.3 Å².